The average molecular weight is 428 g/mol. The molecule has 7 heteroatoms. The van der Waals surface area contributed by atoms with Crippen LogP contribution in [0, 0.1) is 0 Å². The molecule has 0 radical (unpaired) electrons. The maximum atomic E-state index is 12.5. The summed E-state index contributed by atoms with van der Waals surface area (Å²) in [5.74, 6) is 1.92. The standard InChI is InChI=1S/C24H33N3O4/c28-16-7-1-5-13-25-23(29)19-27-15-6-2-8-17-30-21-11-3-4-12-22(21)31-24-20(18-27)10-9-14-26-24/h3-4,9-12,14,28H,1-2,5-8,13,15-19H2,(H,25,29). The number of nitrogens with one attached hydrogen (secondary N) is 1. The number of carbonyl (C=O) groups excluding carboxylic acids is 1. The molecule has 0 spiro atoms. The molecule has 0 unspecified atom stereocenters. The summed E-state index contributed by atoms with van der Waals surface area (Å²) in [6, 6.07) is 11.5. The molecule has 1 aromatic carbocycles. The number of aliphatic hydroxyl groups is 1. The number of benzene rings is 1. The maximum Gasteiger partial charge on any atom is 0.234 e. The van der Waals surface area contributed by atoms with Crippen LogP contribution >= 0.6 is 0 Å². The van der Waals surface area contributed by atoms with Crippen LogP contribution in [-0.2, 0) is 11.3 Å². The zero-order valence-corrected chi connectivity index (χ0v) is 18.1. The maximum absolute atomic E-state index is 12.5. The minimum Gasteiger partial charge on any atom is -0.490 e. The van der Waals surface area contributed by atoms with Crippen molar-refractivity contribution in [3.63, 3.8) is 0 Å². The SMILES string of the molecule is O=C(CN1CCCCCOc2ccccc2Oc2ncccc2C1)NCCCCCO. The molecule has 1 aromatic heterocycles. The minimum absolute atomic E-state index is 0.0216. The Morgan fingerprint density at radius 1 is 1.06 bits per heavy atom. The first-order valence-electron chi connectivity index (χ1n) is 11.2. The van der Waals surface area contributed by atoms with Gasteiger partial charge in [-0.3, -0.25) is 9.69 Å². The van der Waals surface area contributed by atoms with Crippen LogP contribution in [-0.4, -0.2) is 53.7 Å². The third-order valence-corrected chi connectivity index (χ3v) is 5.20. The number of aromatic nitrogens is 1. The van der Waals surface area contributed by atoms with Crippen molar-refractivity contribution >= 4 is 5.91 Å². The van der Waals surface area contributed by atoms with Crippen molar-refractivity contribution in [3.05, 3.63) is 48.2 Å². The van der Waals surface area contributed by atoms with Crippen LogP contribution in [0.15, 0.2) is 42.6 Å². The fourth-order valence-electron chi connectivity index (χ4n) is 3.55. The van der Waals surface area contributed by atoms with Crippen molar-refractivity contribution in [1.82, 2.24) is 15.2 Å². The van der Waals surface area contributed by atoms with E-state index in [1.807, 2.05) is 36.4 Å². The summed E-state index contributed by atoms with van der Waals surface area (Å²) in [5, 5.41) is 11.8. The number of rotatable bonds is 7. The summed E-state index contributed by atoms with van der Waals surface area (Å²) >= 11 is 0. The van der Waals surface area contributed by atoms with E-state index in [9.17, 15) is 4.79 Å². The third kappa shape index (κ3) is 7.84. The van der Waals surface area contributed by atoms with Crippen molar-refractivity contribution in [2.45, 2.75) is 45.1 Å². The van der Waals surface area contributed by atoms with Crippen LogP contribution in [0.2, 0.25) is 0 Å². The zero-order valence-electron chi connectivity index (χ0n) is 18.1. The molecule has 1 amide bonds. The molecule has 0 fully saturated rings. The smallest absolute Gasteiger partial charge is 0.234 e. The summed E-state index contributed by atoms with van der Waals surface area (Å²) in [7, 11) is 0. The highest BCUT2D eigenvalue weighted by molar-refractivity contribution is 5.78. The van der Waals surface area contributed by atoms with Gasteiger partial charge in [-0.15, -0.1) is 0 Å². The van der Waals surface area contributed by atoms with Gasteiger partial charge in [-0.05, 0) is 63.3 Å². The van der Waals surface area contributed by atoms with Crippen molar-refractivity contribution < 1.29 is 19.4 Å². The molecule has 2 N–H and O–H groups in total. The number of hydrogen-bond acceptors (Lipinski definition) is 6. The lowest BCUT2D eigenvalue weighted by molar-refractivity contribution is -0.122. The predicted molar refractivity (Wildman–Crippen MR) is 119 cm³/mol. The monoisotopic (exact) mass is 427 g/mol. The number of pyridine rings is 1. The van der Waals surface area contributed by atoms with Crippen LogP contribution in [0.5, 0.6) is 17.4 Å². The fourth-order valence-corrected chi connectivity index (χ4v) is 3.55. The van der Waals surface area contributed by atoms with Gasteiger partial charge in [-0.2, -0.15) is 0 Å². The van der Waals surface area contributed by atoms with Gasteiger partial charge in [0.2, 0.25) is 11.8 Å². The molecule has 0 saturated carbocycles. The van der Waals surface area contributed by atoms with E-state index in [-0.39, 0.29) is 12.5 Å². The number of unbranched alkanes of at least 4 members (excludes halogenated alkanes) is 2. The topological polar surface area (TPSA) is 83.9 Å². The van der Waals surface area contributed by atoms with Crippen molar-refractivity contribution in [2.24, 2.45) is 0 Å². The Labute approximate surface area is 184 Å². The minimum atomic E-state index is 0.0216. The van der Waals surface area contributed by atoms with E-state index in [1.165, 1.54) is 0 Å². The van der Waals surface area contributed by atoms with Crippen LogP contribution in [0.1, 0.15) is 44.1 Å². The molecule has 1 aliphatic heterocycles. The number of fused-ring (bicyclic) bond motifs is 2. The Morgan fingerprint density at radius 3 is 2.81 bits per heavy atom. The van der Waals surface area contributed by atoms with E-state index >= 15 is 0 Å². The molecule has 0 bridgehead atoms. The van der Waals surface area contributed by atoms with Crippen LogP contribution in [0.4, 0.5) is 0 Å². The van der Waals surface area contributed by atoms with E-state index < -0.39 is 0 Å². The van der Waals surface area contributed by atoms with Gasteiger partial charge in [0.25, 0.3) is 0 Å². The van der Waals surface area contributed by atoms with E-state index in [0.29, 0.717) is 37.9 Å². The number of amides is 1. The molecule has 2 heterocycles. The van der Waals surface area contributed by atoms with Gasteiger partial charge in [0.1, 0.15) is 0 Å². The van der Waals surface area contributed by atoms with Gasteiger partial charge < -0.3 is 19.9 Å². The van der Waals surface area contributed by atoms with Crippen LogP contribution in [0.3, 0.4) is 0 Å². The lowest BCUT2D eigenvalue weighted by Crippen LogP contribution is -2.38. The van der Waals surface area contributed by atoms with Crippen LogP contribution < -0.4 is 14.8 Å². The summed E-state index contributed by atoms with van der Waals surface area (Å²) in [6.45, 7) is 3.21. The molecule has 0 atom stereocenters. The molecule has 0 saturated heterocycles. The molecular formula is C24H33N3O4. The van der Waals surface area contributed by atoms with Crippen molar-refractivity contribution in [2.75, 3.05) is 32.8 Å². The number of hydrogen-bond donors (Lipinski definition) is 2. The molecule has 2 aromatic rings. The molecule has 31 heavy (non-hydrogen) atoms. The largest absolute Gasteiger partial charge is 0.490 e. The third-order valence-electron chi connectivity index (χ3n) is 5.20. The first kappa shape index (κ1) is 23.0. The fraction of sp³-hybridized carbons (Fsp3) is 0.500. The van der Waals surface area contributed by atoms with E-state index in [2.05, 4.69) is 15.2 Å². The average Bonchev–Trinajstić information content (AvgIpc) is 2.79. The summed E-state index contributed by atoms with van der Waals surface area (Å²) in [4.78, 5) is 19.1. The highest BCUT2D eigenvalue weighted by atomic mass is 16.5. The summed E-state index contributed by atoms with van der Waals surface area (Å²) in [6.07, 6.45) is 7.26. The second-order valence-electron chi connectivity index (χ2n) is 7.77. The highest BCUT2D eigenvalue weighted by Gasteiger charge is 2.16. The molecule has 1 aliphatic rings. The Balaban J connectivity index is 1.68. The van der Waals surface area contributed by atoms with Gasteiger partial charge in [0.05, 0.1) is 13.2 Å². The van der Waals surface area contributed by atoms with E-state index in [1.54, 1.807) is 6.20 Å². The molecule has 0 aliphatic carbocycles. The second-order valence-corrected chi connectivity index (χ2v) is 7.77. The Kier molecular flexibility index (Phi) is 9.60. The molecule has 3 rings (SSSR count). The zero-order chi connectivity index (χ0) is 21.7. The van der Waals surface area contributed by atoms with Crippen LogP contribution in [0.25, 0.3) is 0 Å². The Hall–Kier alpha value is -2.64. The summed E-state index contributed by atoms with van der Waals surface area (Å²) in [5.41, 5.74) is 0.937. The Morgan fingerprint density at radius 2 is 1.94 bits per heavy atom. The second kappa shape index (κ2) is 12.9. The molecule has 168 valence electrons. The molecular weight excluding hydrogens is 394 g/mol. The first-order chi connectivity index (χ1) is 15.3. The number of nitrogens with zero attached hydrogens (tertiary/aromatic N) is 2. The van der Waals surface area contributed by atoms with E-state index in [0.717, 1.165) is 56.4 Å². The van der Waals surface area contributed by atoms with E-state index in [4.69, 9.17) is 14.6 Å². The van der Waals surface area contributed by atoms with Crippen molar-refractivity contribution in [1.29, 1.82) is 0 Å². The lowest BCUT2D eigenvalue weighted by atomic mass is 10.2. The van der Waals surface area contributed by atoms with Gasteiger partial charge >= 0.3 is 0 Å². The lowest BCUT2D eigenvalue weighted by Gasteiger charge is -2.22. The molecule has 7 nitrogen and oxygen atoms in total. The number of ether oxygens (including phenoxy) is 2. The summed E-state index contributed by atoms with van der Waals surface area (Å²) < 4.78 is 12.1. The normalized spacial score (nSPS) is 15.1. The van der Waals surface area contributed by atoms with Gasteiger partial charge in [-0.1, -0.05) is 18.2 Å². The highest BCUT2D eigenvalue weighted by Crippen LogP contribution is 2.32. The van der Waals surface area contributed by atoms with Crippen molar-refractivity contribution in [3.8, 4) is 17.4 Å². The number of carbonyl (C=O) groups is 1. The Bertz CT molecular complexity index is 815. The number of aliphatic hydroxyl groups excluding tert-OH is 1. The quantitative estimate of drug-likeness (QED) is 0.658. The number of para-hydroxylation sites is 2. The van der Waals surface area contributed by atoms with Gasteiger partial charge in [-0.25, -0.2) is 4.98 Å². The van der Waals surface area contributed by atoms with Gasteiger partial charge in [0.15, 0.2) is 11.5 Å². The first-order valence-corrected chi connectivity index (χ1v) is 11.2. The predicted octanol–water partition coefficient (Wildman–Crippen LogP) is 3.52. The van der Waals surface area contributed by atoms with Gasteiger partial charge in [0, 0.05) is 31.5 Å².